The molecule has 4 rings (SSSR count). The minimum absolute atomic E-state index is 0.0562. The van der Waals surface area contributed by atoms with Gasteiger partial charge in [0.2, 0.25) is 0 Å². The van der Waals surface area contributed by atoms with Crippen LogP contribution >= 0.6 is 11.3 Å². The van der Waals surface area contributed by atoms with Gasteiger partial charge in [-0.15, -0.1) is 11.3 Å². The van der Waals surface area contributed by atoms with Crippen LogP contribution < -0.4 is 0 Å². The van der Waals surface area contributed by atoms with Crippen molar-refractivity contribution in [3.05, 3.63) is 35.6 Å². The molecule has 1 saturated heterocycles. The zero-order chi connectivity index (χ0) is 19.3. The molecule has 0 N–H and O–H groups in total. The van der Waals surface area contributed by atoms with E-state index >= 15 is 0 Å². The summed E-state index contributed by atoms with van der Waals surface area (Å²) in [7, 11) is 0. The average Bonchev–Trinajstić information content (AvgIpc) is 3.20. The van der Waals surface area contributed by atoms with Crippen LogP contribution in [0.3, 0.4) is 0 Å². The van der Waals surface area contributed by atoms with Crippen LogP contribution in [0.2, 0.25) is 0 Å². The minimum atomic E-state index is -0.409. The smallest absolute Gasteiger partial charge is 0.312 e. The summed E-state index contributed by atoms with van der Waals surface area (Å²) < 4.78 is 5.28. The topological polar surface area (TPSA) is 72.4 Å². The molecule has 1 aliphatic carbocycles. The fraction of sp³-hybridized carbons (Fsp3) is 0.524. The maximum absolute atomic E-state index is 12.6. The third-order valence-corrected chi connectivity index (χ3v) is 6.65. The Kier molecular flexibility index (Phi) is 6.00. The van der Waals surface area contributed by atoms with Crippen LogP contribution in [0, 0.1) is 5.92 Å². The summed E-state index contributed by atoms with van der Waals surface area (Å²) in [5.41, 5.74) is 1.58. The first-order valence-corrected chi connectivity index (χ1v) is 10.9. The second kappa shape index (κ2) is 8.82. The first-order chi connectivity index (χ1) is 13.7. The summed E-state index contributed by atoms with van der Waals surface area (Å²) in [6, 6.07) is 4.13. The van der Waals surface area contributed by atoms with Crippen LogP contribution in [0.25, 0.3) is 10.6 Å². The molecule has 0 aromatic carbocycles. The van der Waals surface area contributed by atoms with Crippen molar-refractivity contribution in [2.24, 2.45) is 5.92 Å². The van der Waals surface area contributed by atoms with E-state index in [1.54, 1.807) is 12.4 Å². The highest BCUT2D eigenvalue weighted by Gasteiger charge is 2.35. The number of rotatable bonds is 5. The number of esters is 1. The highest BCUT2D eigenvalue weighted by molar-refractivity contribution is 7.13. The number of nitrogens with zero attached hydrogens (tertiary/aromatic N) is 3. The molecule has 3 heterocycles. The van der Waals surface area contributed by atoms with Gasteiger partial charge in [0.05, 0.1) is 12.1 Å². The normalized spacial score (nSPS) is 21.8. The predicted octanol–water partition coefficient (Wildman–Crippen LogP) is 3.47. The molecule has 0 radical (unpaired) electrons. The van der Waals surface area contributed by atoms with Crippen LogP contribution in [0.1, 0.15) is 44.2 Å². The monoisotopic (exact) mass is 399 g/mol. The van der Waals surface area contributed by atoms with Crippen molar-refractivity contribution in [2.75, 3.05) is 13.2 Å². The van der Waals surface area contributed by atoms with Crippen LogP contribution in [0.15, 0.2) is 29.9 Å². The molecule has 0 unspecified atom stereocenters. The fourth-order valence-electron chi connectivity index (χ4n) is 4.37. The fourth-order valence-corrected chi connectivity index (χ4v) is 5.18. The van der Waals surface area contributed by atoms with Crippen molar-refractivity contribution in [1.29, 1.82) is 0 Å². The van der Waals surface area contributed by atoms with Gasteiger partial charge in [-0.25, -0.2) is 4.98 Å². The van der Waals surface area contributed by atoms with E-state index in [9.17, 15) is 9.59 Å². The molecule has 0 spiro atoms. The Morgan fingerprint density at radius 1 is 1.21 bits per heavy atom. The second-order valence-electron chi connectivity index (χ2n) is 7.56. The van der Waals surface area contributed by atoms with Crippen LogP contribution in [0.5, 0.6) is 0 Å². The Morgan fingerprint density at radius 3 is 2.93 bits per heavy atom. The number of carbonyl (C=O) groups is 2. The van der Waals surface area contributed by atoms with E-state index < -0.39 is 5.97 Å². The Bertz CT molecular complexity index is 821. The number of aromatic nitrogens is 2. The molecule has 28 heavy (non-hydrogen) atoms. The number of pyridine rings is 1. The van der Waals surface area contributed by atoms with Gasteiger partial charge in [0.15, 0.2) is 6.61 Å². The number of piperidine rings is 1. The van der Waals surface area contributed by atoms with E-state index in [1.165, 1.54) is 37.0 Å². The summed E-state index contributed by atoms with van der Waals surface area (Å²) in [5, 5.41) is 2.67. The largest absolute Gasteiger partial charge is 0.455 e. The highest BCUT2D eigenvalue weighted by Crippen LogP contribution is 2.35. The molecule has 2 aromatic rings. The van der Waals surface area contributed by atoms with Crippen molar-refractivity contribution in [2.45, 2.75) is 51.0 Å². The van der Waals surface area contributed by atoms with Crippen LogP contribution in [0.4, 0.5) is 0 Å². The first-order valence-electron chi connectivity index (χ1n) is 10.0. The summed E-state index contributed by atoms with van der Waals surface area (Å²) in [4.78, 5) is 35.3. The Morgan fingerprint density at radius 2 is 2.07 bits per heavy atom. The van der Waals surface area contributed by atoms with Crippen LogP contribution in [-0.4, -0.2) is 45.9 Å². The molecule has 2 atom stereocenters. The van der Waals surface area contributed by atoms with Gasteiger partial charge >= 0.3 is 5.97 Å². The van der Waals surface area contributed by atoms with E-state index in [0.717, 1.165) is 30.0 Å². The van der Waals surface area contributed by atoms with Gasteiger partial charge in [0.1, 0.15) is 5.01 Å². The van der Waals surface area contributed by atoms with E-state index in [1.807, 2.05) is 22.4 Å². The molecule has 0 bridgehead atoms. The quantitative estimate of drug-likeness (QED) is 0.720. The number of ether oxygens (including phenoxy) is 1. The lowest BCUT2D eigenvalue weighted by Crippen LogP contribution is -2.50. The first kappa shape index (κ1) is 19.1. The molecule has 2 fully saturated rings. The Labute approximate surface area is 168 Å². The number of amides is 1. The number of thiazole rings is 1. The van der Waals surface area contributed by atoms with E-state index in [-0.39, 0.29) is 18.9 Å². The zero-order valence-corrected chi connectivity index (χ0v) is 16.7. The molecule has 148 valence electrons. The number of hydrogen-bond donors (Lipinski definition) is 0. The van der Waals surface area contributed by atoms with E-state index in [2.05, 4.69) is 9.97 Å². The zero-order valence-electron chi connectivity index (χ0n) is 15.9. The molecule has 1 amide bonds. The lowest BCUT2D eigenvalue weighted by Gasteiger charge is -2.44. The van der Waals surface area contributed by atoms with Crippen molar-refractivity contribution in [1.82, 2.24) is 14.9 Å². The molecular formula is C21H25N3O3S. The lowest BCUT2D eigenvalue weighted by molar-refractivity contribution is -0.154. The number of fused-ring (bicyclic) bond motifs is 1. The third kappa shape index (κ3) is 4.41. The minimum Gasteiger partial charge on any atom is -0.455 e. The molecule has 1 saturated carbocycles. The highest BCUT2D eigenvalue weighted by atomic mass is 32.1. The predicted molar refractivity (Wildman–Crippen MR) is 107 cm³/mol. The van der Waals surface area contributed by atoms with Gasteiger partial charge in [-0.1, -0.05) is 12.8 Å². The van der Waals surface area contributed by atoms with E-state index in [4.69, 9.17) is 4.74 Å². The third-order valence-electron chi connectivity index (χ3n) is 5.71. The summed E-state index contributed by atoms with van der Waals surface area (Å²) in [6.07, 6.45) is 10.6. The molecular weight excluding hydrogens is 374 g/mol. The Hall–Kier alpha value is -2.28. The van der Waals surface area contributed by atoms with Crippen molar-refractivity contribution >= 4 is 23.2 Å². The van der Waals surface area contributed by atoms with Gasteiger partial charge in [-0.3, -0.25) is 14.6 Å². The van der Waals surface area contributed by atoms with Gasteiger partial charge < -0.3 is 9.64 Å². The molecule has 6 nitrogen and oxygen atoms in total. The lowest BCUT2D eigenvalue weighted by atomic mass is 9.78. The maximum atomic E-state index is 12.6. The Balaban J connectivity index is 1.28. The van der Waals surface area contributed by atoms with Gasteiger partial charge in [0, 0.05) is 35.9 Å². The molecule has 2 aliphatic rings. The van der Waals surface area contributed by atoms with Gasteiger partial charge in [0.25, 0.3) is 5.91 Å². The van der Waals surface area contributed by atoms with Crippen LogP contribution in [-0.2, 0) is 20.7 Å². The van der Waals surface area contributed by atoms with Gasteiger partial charge in [-0.05, 0) is 43.7 Å². The number of hydrogen-bond acceptors (Lipinski definition) is 6. The summed E-state index contributed by atoms with van der Waals surface area (Å²) in [5.74, 6) is 0.163. The van der Waals surface area contributed by atoms with Crippen molar-refractivity contribution in [3.63, 3.8) is 0 Å². The molecule has 1 aliphatic heterocycles. The number of carbonyl (C=O) groups excluding carboxylic acids is 2. The van der Waals surface area contributed by atoms with Crippen molar-refractivity contribution in [3.8, 4) is 10.6 Å². The van der Waals surface area contributed by atoms with E-state index in [0.29, 0.717) is 17.7 Å². The number of likely N-dealkylation sites (tertiary alicyclic amines) is 1. The second-order valence-corrected chi connectivity index (χ2v) is 8.42. The average molecular weight is 400 g/mol. The van der Waals surface area contributed by atoms with Crippen molar-refractivity contribution < 1.29 is 14.3 Å². The molecule has 7 heteroatoms. The standard InChI is InChI=1S/C21H25N3O3S/c25-19(24-10-4-7-15-5-1-2-8-18(15)24)13-27-20(26)11-17-14-28-21(23-17)16-6-3-9-22-12-16/h3,6,9,12,14-15,18H,1-2,4-5,7-8,10-11,13H2/t15-,18-/m1/s1. The SMILES string of the molecule is O=C(Cc1csc(-c2cccnc2)n1)OCC(=O)N1CCC[C@H]2CCCC[C@H]21. The summed E-state index contributed by atoms with van der Waals surface area (Å²) >= 11 is 1.47. The molecule has 2 aromatic heterocycles. The summed E-state index contributed by atoms with van der Waals surface area (Å²) in [6.45, 7) is 0.625. The van der Waals surface area contributed by atoms with Gasteiger partial charge in [-0.2, -0.15) is 0 Å². The maximum Gasteiger partial charge on any atom is 0.312 e.